The van der Waals surface area contributed by atoms with Crippen molar-refractivity contribution in [1.29, 1.82) is 0 Å². The second-order valence-corrected chi connectivity index (χ2v) is 4.68. The van der Waals surface area contributed by atoms with E-state index in [0.717, 1.165) is 6.07 Å². The summed E-state index contributed by atoms with van der Waals surface area (Å²) in [5.41, 5.74) is 3.40. The molecule has 1 N–H and O–H groups in total. The number of halogens is 1. The number of nitro benzene ring substituents is 1. The largest absolute Gasteiger partial charge is 0.272 e. The van der Waals surface area contributed by atoms with Gasteiger partial charge in [-0.25, -0.2) is 5.43 Å². The molecule has 0 aliphatic rings. The van der Waals surface area contributed by atoms with Crippen molar-refractivity contribution in [3.05, 3.63) is 69.0 Å². The van der Waals surface area contributed by atoms with Crippen LogP contribution in [0.25, 0.3) is 0 Å². The van der Waals surface area contributed by atoms with Crippen molar-refractivity contribution in [3.63, 3.8) is 0 Å². The highest BCUT2D eigenvalue weighted by Crippen LogP contribution is 2.22. The molecular weight excluding hydrogens is 308 g/mol. The van der Waals surface area contributed by atoms with Crippen LogP contribution in [0.3, 0.4) is 0 Å². The molecule has 0 fully saturated rings. The third kappa shape index (κ3) is 3.64. The lowest BCUT2D eigenvalue weighted by Crippen LogP contribution is -2.20. The smallest absolute Gasteiger partial charge is 0.267 e. The molecule has 112 valence electrons. The van der Waals surface area contributed by atoms with Crippen molar-refractivity contribution in [2.24, 2.45) is 5.10 Å². The third-order valence-electron chi connectivity index (χ3n) is 2.77. The number of amides is 1. The number of carbonyl (C=O) groups is 1. The Morgan fingerprint density at radius 2 is 2.14 bits per heavy atom. The molecular formula is C14H11ClN4O3. The molecule has 1 aromatic carbocycles. The van der Waals surface area contributed by atoms with Crippen LogP contribution in [0.4, 0.5) is 5.69 Å². The first-order valence-electron chi connectivity index (χ1n) is 6.19. The molecule has 8 heteroatoms. The summed E-state index contributed by atoms with van der Waals surface area (Å²) in [6.07, 6.45) is 1.61. The van der Waals surface area contributed by atoms with Crippen LogP contribution in [0.1, 0.15) is 23.0 Å². The summed E-state index contributed by atoms with van der Waals surface area (Å²) in [5.74, 6) is -0.560. The number of aromatic nitrogens is 1. The second-order valence-electron chi connectivity index (χ2n) is 4.27. The number of pyridine rings is 1. The van der Waals surface area contributed by atoms with Crippen molar-refractivity contribution in [1.82, 2.24) is 10.4 Å². The summed E-state index contributed by atoms with van der Waals surface area (Å²) < 4.78 is 0. The van der Waals surface area contributed by atoms with Crippen LogP contribution in [0.15, 0.2) is 47.7 Å². The number of benzene rings is 1. The molecule has 0 aliphatic heterocycles. The van der Waals surface area contributed by atoms with Crippen molar-refractivity contribution >= 4 is 28.9 Å². The first kappa shape index (κ1) is 15.6. The van der Waals surface area contributed by atoms with Crippen molar-refractivity contribution in [2.75, 3.05) is 0 Å². The minimum Gasteiger partial charge on any atom is -0.267 e. The van der Waals surface area contributed by atoms with Gasteiger partial charge in [-0.05, 0) is 25.1 Å². The Morgan fingerprint density at radius 3 is 2.73 bits per heavy atom. The van der Waals surface area contributed by atoms with E-state index in [1.54, 1.807) is 31.3 Å². The van der Waals surface area contributed by atoms with Gasteiger partial charge in [0.1, 0.15) is 0 Å². The molecule has 0 saturated heterocycles. The van der Waals surface area contributed by atoms with Gasteiger partial charge in [-0.1, -0.05) is 17.7 Å². The molecule has 0 saturated carbocycles. The Morgan fingerprint density at radius 1 is 1.36 bits per heavy atom. The molecule has 1 aromatic heterocycles. The summed E-state index contributed by atoms with van der Waals surface area (Å²) in [6.45, 7) is 1.69. The van der Waals surface area contributed by atoms with Crippen LogP contribution in [0.5, 0.6) is 0 Å². The monoisotopic (exact) mass is 318 g/mol. The Labute approximate surface area is 130 Å². The zero-order chi connectivity index (χ0) is 16.1. The predicted molar refractivity (Wildman–Crippen MR) is 82.0 cm³/mol. The third-order valence-corrected chi connectivity index (χ3v) is 3.08. The van der Waals surface area contributed by atoms with E-state index in [2.05, 4.69) is 15.5 Å². The van der Waals surface area contributed by atoms with Crippen LogP contribution >= 0.6 is 11.6 Å². The van der Waals surface area contributed by atoms with E-state index in [4.69, 9.17) is 11.6 Å². The van der Waals surface area contributed by atoms with E-state index in [0.29, 0.717) is 11.4 Å². The predicted octanol–water partition coefficient (Wildman–Crippen LogP) is 2.80. The lowest BCUT2D eigenvalue weighted by atomic mass is 10.2. The lowest BCUT2D eigenvalue weighted by Gasteiger charge is -2.04. The number of carbonyl (C=O) groups excluding carboxylic acids is 1. The van der Waals surface area contributed by atoms with E-state index in [1.807, 2.05) is 0 Å². The number of nitrogens with zero attached hydrogens (tertiary/aromatic N) is 3. The highest BCUT2D eigenvalue weighted by Gasteiger charge is 2.14. The fourth-order valence-electron chi connectivity index (χ4n) is 1.63. The van der Waals surface area contributed by atoms with Gasteiger partial charge in [0.2, 0.25) is 0 Å². The molecule has 0 aliphatic carbocycles. The number of nitro groups is 1. The summed E-state index contributed by atoms with van der Waals surface area (Å²) in [5, 5.41) is 14.5. The van der Waals surface area contributed by atoms with Gasteiger partial charge in [-0.3, -0.25) is 19.9 Å². The van der Waals surface area contributed by atoms with Crippen LogP contribution < -0.4 is 5.43 Å². The molecule has 1 heterocycles. The summed E-state index contributed by atoms with van der Waals surface area (Å²) in [6, 6.07) is 8.93. The second kappa shape index (κ2) is 6.77. The summed E-state index contributed by atoms with van der Waals surface area (Å²) in [4.78, 5) is 26.1. The van der Waals surface area contributed by atoms with Gasteiger partial charge in [0.05, 0.1) is 26.9 Å². The molecule has 1 amide bonds. The van der Waals surface area contributed by atoms with Gasteiger partial charge in [0.15, 0.2) is 0 Å². The number of hydrogen-bond acceptors (Lipinski definition) is 5. The minimum atomic E-state index is -0.586. The Kier molecular flexibility index (Phi) is 4.80. The zero-order valence-corrected chi connectivity index (χ0v) is 12.2. The first-order chi connectivity index (χ1) is 10.5. The van der Waals surface area contributed by atoms with E-state index < -0.39 is 10.8 Å². The van der Waals surface area contributed by atoms with E-state index in [1.165, 1.54) is 12.1 Å². The molecule has 2 aromatic rings. The van der Waals surface area contributed by atoms with Gasteiger partial charge >= 0.3 is 0 Å². The van der Waals surface area contributed by atoms with Gasteiger partial charge in [0, 0.05) is 18.3 Å². The first-order valence-corrected chi connectivity index (χ1v) is 6.57. The molecule has 0 radical (unpaired) electrons. The van der Waals surface area contributed by atoms with E-state index in [-0.39, 0.29) is 16.3 Å². The molecule has 7 nitrogen and oxygen atoms in total. The van der Waals surface area contributed by atoms with Gasteiger partial charge < -0.3 is 0 Å². The fraction of sp³-hybridized carbons (Fsp3) is 0.0714. The molecule has 0 atom stereocenters. The summed E-state index contributed by atoms with van der Waals surface area (Å²) >= 11 is 5.87. The highest BCUT2D eigenvalue weighted by atomic mass is 35.5. The standard InChI is InChI=1S/C14H11ClN4O3/c1-9(13-4-2-3-7-16-13)17-18-14(20)11-6-5-10(19(21)22)8-12(11)15/h2-8H,1H3,(H,18,20)/b17-9-. The average molecular weight is 319 g/mol. The van der Waals surface area contributed by atoms with Crippen LogP contribution in [-0.2, 0) is 0 Å². The van der Waals surface area contributed by atoms with Crippen molar-refractivity contribution in [2.45, 2.75) is 6.92 Å². The van der Waals surface area contributed by atoms with Gasteiger partial charge in [-0.15, -0.1) is 0 Å². The highest BCUT2D eigenvalue weighted by molar-refractivity contribution is 6.34. The normalized spacial score (nSPS) is 11.1. The van der Waals surface area contributed by atoms with Crippen LogP contribution in [0, 0.1) is 10.1 Å². The van der Waals surface area contributed by atoms with Crippen molar-refractivity contribution in [3.8, 4) is 0 Å². The van der Waals surface area contributed by atoms with E-state index in [9.17, 15) is 14.9 Å². The number of rotatable bonds is 4. The molecule has 0 unspecified atom stereocenters. The SMILES string of the molecule is C/C(=N/NC(=O)c1ccc([N+](=O)[O-])cc1Cl)c1ccccn1. The van der Waals surface area contributed by atoms with Crippen LogP contribution in [-0.4, -0.2) is 21.5 Å². The number of nitrogens with one attached hydrogen (secondary N) is 1. The minimum absolute atomic E-state index is 0.0163. The lowest BCUT2D eigenvalue weighted by molar-refractivity contribution is -0.384. The maximum absolute atomic E-state index is 12.0. The van der Waals surface area contributed by atoms with Crippen LogP contribution in [0.2, 0.25) is 5.02 Å². The number of non-ortho nitro benzene ring substituents is 1. The average Bonchev–Trinajstić information content (AvgIpc) is 2.52. The molecule has 0 spiro atoms. The summed E-state index contributed by atoms with van der Waals surface area (Å²) in [7, 11) is 0. The molecule has 2 rings (SSSR count). The van der Waals surface area contributed by atoms with E-state index >= 15 is 0 Å². The fourth-order valence-corrected chi connectivity index (χ4v) is 1.89. The Balaban J connectivity index is 2.14. The van der Waals surface area contributed by atoms with Gasteiger partial charge in [-0.2, -0.15) is 5.10 Å². The number of hydrogen-bond donors (Lipinski definition) is 1. The van der Waals surface area contributed by atoms with Gasteiger partial charge in [0.25, 0.3) is 11.6 Å². The van der Waals surface area contributed by atoms with Crippen molar-refractivity contribution < 1.29 is 9.72 Å². The quantitative estimate of drug-likeness (QED) is 0.532. The number of hydrazone groups is 1. The maximum atomic E-state index is 12.0. The Bertz CT molecular complexity index is 747. The topological polar surface area (TPSA) is 97.5 Å². The Hall–Kier alpha value is -2.80. The molecule has 22 heavy (non-hydrogen) atoms. The maximum Gasteiger partial charge on any atom is 0.272 e. The zero-order valence-electron chi connectivity index (χ0n) is 11.5. The molecule has 0 bridgehead atoms.